The van der Waals surface area contributed by atoms with Crippen molar-refractivity contribution in [2.24, 2.45) is 0 Å². The number of benzene rings is 1. The van der Waals surface area contributed by atoms with Crippen molar-refractivity contribution in [1.29, 1.82) is 0 Å². The summed E-state index contributed by atoms with van der Waals surface area (Å²) >= 11 is 0. The van der Waals surface area contributed by atoms with Gasteiger partial charge >= 0.3 is 0 Å². The average molecular weight is 250 g/mol. The number of hydrogen-bond acceptors (Lipinski definition) is 2. The Balaban J connectivity index is 2.12. The molecule has 1 N–H and O–H groups in total. The van der Waals surface area contributed by atoms with E-state index in [0.29, 0.717) is 0 Å². The molecular formula is C15H23FN2. The van der Waals surface area contributed by atoms with Gasteiger partial charge in [-0.05, 0) is 30.5 Å². The standard InChI is InChI=1S/C15H23FN2/c1-3-15(4-2)12-17-9-10-18(15)11-13-5-7-14(16)8-6-13/h5-8,17H,3-4,9-12H2,1-2H3. The van der Waals surface area contributed by atoms with Gasteiger partial charge in [-0.2, -0.15) is 0 Å². The Morgan fingerprint density at radius 2 is 1.89 bits per heavy atom. The first-order valence-electron chi connectivity index (χ1n) is 6.90. The van der Waals surface area contributed by atoms with Crippen LogP contribution in [0.15, 0.2) is 24.3 Å². The van der Waals surface area contributed by atoms with Crippen LogP contribution in [0.2, 0.25) is 0 Å². The maximum Gasteiger partial charge on any atom is 0.123 e. The Bertz CT molecular complexity index is 371. The molecule has 1 aliphatic heterocycles. The van der Waals surface area contributed by atoms with Gasteiger partial charge in [0.1, 0.15) is 5.82 Å². The van der Waals surface area contributed by atoms with Crippen molar-refractivity contribution in [3.8, 4) is 0 Å². The van der Waals surface area contributed by atoms with Crippen LogP contribution in [-0.2, 0) is 6.54 Å². The molecule has 0 radical (unpaired) electrons. The third-order valence-electron chi connectivity index (χ3n) is 4.29. The van der Waals surface area contributed by atoms with E-state index < -0.39 is 0 Å². The van der Waals surface area contributed by atoms with Crippen LogP contribution in [-0.4, -0.2) is 30.1 Å². The molecule has 100 valence electrons. The van der Waals surface area contributed by atoms with E-state index in [9.17, 15) is 4.39 Å². The van der Waals surface area contributed by atoms with Crippen molar-refractivity contribution >= 4 is 0 Å². The van der Waals surface area contributed by atoms with Gasteiger partial charge in [0.25, 0.3) is 0 Å². The van der Waals surface area contributed by atoms with Gasteiger partial charge in [0.15, 0.2) is 0 Å². The van der Waals surface area contributed by atoms with Gasteiger partial charge in [-0.15, -0.1) is 0 Å². The summed E-state index contributed by atoms with van der Waals surface area (Å²) in [5.74, 6) is -0.156. The minimum Gasteiger partial charge on any atom is -0.314 e. The fourth-order valence-electron chi connectivity index (χ4n) is 2.89. The molecule has 1 aromatic rings. The fraction of sp³-hybridized carbons (Fsp3) is 0.600. The molecule has 3 heteroatoms. The third-order valence-corrected chi connectivity index (χ3v) is 4.29. The number of rotatable bonds is 4. The maximum atomic E-state index is 12.9. The predicted molar refractivity (Wildman–Crippen MR) is 73.0 cm³/mol. The van der Waals surface area contributed by atoms with E-state index in [1.165, 1.54) is 5.56 Å². The highest BCUT2D eigenvalue weighted by Gasteiger charge is 2.35. The minimum absolute atomic E-state index is 0.156. The van der Waals surface area contributed by atoms with Crippen LogP contribution in [0.1, 0.15) is 32.3 Å². The van der Waals surface area contributed by atoms with Gasteiger partial charge in [-0.25, -0.2) is 4.39 Å². The summed E-state index contributed by atoms with van der Waals surface area (Å²) in [7, 11) is 0. The highest BCUT2D eigenvalue weighted by molar-refractivity contribution is 5.16. The van der Waals surface area contributed by atoms with Gasteiger partial charge < -0.3 is 5.32 Å². The van der Waals surface area contributed by atoms with Gasteiger partial charge in [-0.1, -0.05) is 26.0 Å². The lowest BCUT2D eigenvalue weighted by molar-refractivity contribution is 0.0447. The summed E-state index contributed by atoms with van der Waals surface area (Å²) in [5.41, 5.74) is 1.46. The topological polar surface area (TPSA) is 15.3 Å². The first-order chi connectivity index (χ1) is 8.70. The Hall–Kier alpha value is -0.930. The van der Waals surface area contributed by atoms with Crippen molar-refractivity contribution in [1.82, 2.24) is 10.2 Å². The number of nitrogens with one attached hydrogen (secondary N) is 1. The Kier molecular flexibility index (Phi) is 4.36. The summed E-state index contributed by atoms with van der Waals surface area (Å²) in [6.07, 6.45) is 2.30. The van der Waals surface area contributed by atoms with Crippen LogP contribution in [0.3, 0.4) is 0 Å². The molecule has 2 nitrogen and oxygen atoms in total. The van der Waals surface area contributed by atoms with Crippen LogP contribution < -0.4 is 5.32 Å². The lowest BCUT2D eigenvalue weighted by Gasteiger charge is -2.47. The summed E-state index contributed by atoms with van der Waals surface area (Å²) in [5, 5.41) is 3.50. The quantitative estimate of drug-likeness (QED) is 0.884. The first-order valence-corrected chi connectivity index (χ1v) is 6.90. The molecule has 0 aliphatic carbocycles. The Labute approximate surface area is 109 Å². The molecule has 0 bridgehead atoms. The van der Waals surface area contributed by atoms with E-state index in [4.69, 9.17) is 0 Å². The molecule has 0 amide bonds. The number of halogens is 1. The fourth-order valence-corrected chi connectivity index (χ4v) is 2.89. The average Bonchev–Trinajstić information content (AvgIpc) is 2.42. The molecule has 1 aliphatic rings. The van der Waals surface area contributed by atoms with E-state index in [-0.39, 0.29) is 11.4 Å². The lowest BCUT2D eigenvalue weighted by Crippen LogP contribution is -2.60. The smallest absolute Gasteiger partial charge is 0.123 e. The zero-order valence-electron chi connectivity index (χ0n) is 11.4. The second kappa shape index (κ2) is 5.81. The zero-order chi connectivity index (χ0) is 13.0. The zero-order valence-corrected chi connectivity index (χ0v) is 11.4. The molecule has 0 saturated carbocycles. The van der Waals surface area contributed by atoms with Gasteiger partial charge in [0.2, 0.25) is 0 Å². The predicted octanol–water partition coefficient (Wildman–Crippen LogP) is 2.79. The summed E-state index contributed by atoms with van der Waals surface area (Å²) < 4.78 is 12.9. The van der Waals surface area contributed by atoms with Gasteiger partial charge in [0.05, 0.1) is 0 Å². The minimum atomic E-state index is -0.156. The van der Waals surface area contributed by atoms with Crippen LogP contribution in [0.5, 0.6) is 0 Å². The summed E-state index contributed by atoms with van der Waals surface area (Å²) in [4.78, 5) is 2.55. The molecule has 0 spiro atoms. The molecule has 1 heterocycles. The van der Waals surface area contributed by atoms with E-state index >= 15 is 0 Å². The monoisotopic (exact) mass is 250 g/mol. The maximum absolute atomic E-state index is 12.9. The van der Waals surface area contributed by atoms with Gasteiger partial charge in [0, 0.05) is 31.7 Å². The summed E-state index contributed by atoms with van der Waals surface area (Å²) in [6, 6.07) is 6.90. The number of hydrogen-bond donors (Lipinski definition) is 1. The van der Waals surface area contributed by atoms with Crippen molar-refractivity contribution < 1.29 is 4.39 Å². The van der Waals surface area contributed by atoms with Crippen molar-refractivity contribution in [2.75, 3.05) is 19.6 Å². The molecule has 18 heavy (non-hydrogen) atoms. The largest absolute Gasteiger partial charge is 0.314 e. The number of nitrogens with zero attached hydrogens (tertiary/aromatic N) is 1. The van der Waals surface area contributed by atoms with Gasteiger partial charge in [-0.3, -0.25) is 4.90 Å². The highest BCUT2D eigenvalue weighted by atomic mass is 19.1. The molecule has 1 aromatic carbocycles. The Morgan fingerprint density at radius 1 is 1.22 bits per heavy atom. The van der Waals surface area contributed by atoms with Crippen LogP contribution in [0.4, 0.5) is 4.39 Å². The van der Waals surface area contributed by atoms with E-state index in [2.05, 4.69) is 24.1 Å². The number of piperazine rings is 1. The van der Waals surface area contributed by atoms with Crippen molar-refractivity contribution in [2.45, 2.75) is 38.8 Å². The molecule has 0 atom stereocenters. The molecule has 1 fully saturated rings. The van der Waals surface area contributed by atoms with Crippen LogP contribution in [0.25, 0.3) is 0 Å². The normalized spacial score (nSPS) is 19.9. The van der Waals surface area contributed by atoms with Crippen LogP contribution in [0, 0.1) is 5.82 Å². The van der Waals surface area contributed by atoms with Crippen molar-refractivity contribution in [3.63, 3.8) is 0 Å². The Morgan fingerprint density at radius 3 is 2.50 bits per heavy atom. The SMILES string of the molecule is CCC1(CC)CNCCN1Cc1ccc(F)cc1. The van der Waals surface area contributed by atoms with E-state index in [1.54, 1.807) is 12.1 Å². The van der Waals surface area contributed by atoms with Crippen LogP contribution >= 0.6 is 0 Å². The van der Waals surface area contributed by atoms with E-state index in [0.717, 1.165) is 39.0 Å². The molecule has 0 aromatic heterocycles. The molecule has 1 saturated heterocycles. The first kappa shape index (κ1) is 13.5. The molecular weight excluding hydrogens is 227 g/mol. The lowest BCUT2D eigenvalue weighted by atomic mass is 9.88. The third kappa shape index (κ3) is 2.73. The second-order valence-corrected chi connectivity index (χ2v) is 5.16. The molecule has 0 unspecified atom stereocenters. The van der Waals surface area contributed by atoms with Crippen molar-refractivity contribution in [3.05, 3.63) is 35.6 Å². The highest BCUT2D eigenvalue weighted by Crippen LogP contribution is 2.27. The summed E-state index contributed by atoms with van der Waals surface area (Å²) in [6.45, 7) is 8.61. The second-order valence-electron chi connectivity index (χ2n) is 5.16. The molecule has 2 rings (SSSR count). The van der Waals surface area contributed by atoms with E-state index in [1.807, 2.05) is 12.1 Å².